The van der Waals surface area contributed by atoms with E-state index in [2.05, 4.69) is 31.8 Å². The van der Waals surface area contributed by atoms with Gasteiger partial charge in [0.05, 0.1) is 0 Å². The Bertz CT molecular complexity index is 157. The Morgan fingerprint density at radius 3 is 2.20 bits per heavy atom. The molecule has 0 N–H and O–H groups in total. The molecule has 0 amide bonds. The minimum Gasteiger partial charge on any atom is -0.280 e. The molecule has 0 aromatic heterocycles. The molecule has 0 bridgehead atoms. The normalized spacial score (nSPS) is 7.10. The zero-order valence-electron chi connectivity index (χ0n) is 5.15. The highest BCUT2D eigenvalue weighted by atomic mass is 79.9. The van der Waals surface area contributed by atoms with E-state index in [1.165, 1.54) is 0 Å². The summed E-state index contributed by atoms with van der Waals surface area (Å²) in [6.07, 6.45) is 0. The van der Waals surface area contributed by atoms with Crippen molar-refractivity contribution in [3.05, 3.63) is 35.4 Å². The summed E-state index contributed by atoms with van der Waals surface area (Å²) in [6.45, 7) is 0. The first-order valence-corrected chi connectivity index (χ1v) is 10.7. The summed E-state index contributed by atoms with van der Waals surface area (Å²) in [4.78, 5) is 0. The van der Waals surface area contributed by atoms with E-state index in [1.807, 2.05) is 12.1 Å². The maximum Gasteiger partial charge on any atom is 0.560 e. The van der Waals surface area contributed by atoms with E-state index in [0.717, 1.165) is 0 Å². The molecule has 1 radical (unpaired) electrons. The van der Waals surface area contributed by atoms with E-state index in [4.69, 9.17) is 11.6 Å². The Kier molecular flexibility index (Phi) is 9.36. The van der Waals surface area contributed by atoms with Crippen molar-refractivity contribution in [3.8, 4) is 0 Å². The molecule has 0 aliphatic rings. The van der Waals surface area contributed by atoms with Crippen LogP contribution in [0.4, 0.5) is 0 Å². The lowest BCUT2D eigenvalue weighted by Gasteiger charge is -1.79. The molecule has 0 fully saturated rings. The van der Waals surface area contributed by atoms with Gasteiger partial charge in [0, 0.05) is 11.1 Å². The Morgan fingerprint density at radius 1 is 1.40 bits per heavy atom. The first-order chi connectivity index (χ1) is 4.81. The van der Waals surface area contributed by atoms with Gasteiger partial charge < -0.3 is 0 Å². The second-order valence-corrected chi connectivity index (χ2v) is 9.80. The second kappa shape index (κ2) is 8.33. The van der Waals surface area contributed by atoms with Crippen LogP contribution in [0.5, 0.6) is 0 Å². The lowest BCUT2D eigenvalue weighted by molar-refractivity contribution is 1.69. The largest absolute Gasteiger partial charge is 0.560 e. The van der Waals surface area contributed by atoms with Gasteiger partial charge in [-0.15, -0.1) is 0 Å². The molecule has 0 unspecified atom stereocenters. The van der Waals surface area contributed by atoms with Gasteiger partial charge in [0.15, 0.2) is 0 Å². The van der Waals surface area contributed by atoms with E-state index < -0.39 is 0 Å². The van der Waals surface area contributed by atoms with E-state index in [-0.39, 0.29) is 16.0 Å². The second-order valence-electron chi connectivity index (χ2n) is 1.31. The van der Waals surface area contributed by atoms with Crippen LogP contribution in [0.3, 0.4) is 0 Å². The van der Waals surface area contributed by atoms with Gasteiger partial charge in [-0.2, -0.15) is 0 Å². The number of hydrogen-bond donors (Lipinski definition) is 0. The van der Waals surface area contributed by atoms with Crippen molar-refractivity contribution in [2.45, 2.75) is 0 Å². The molecular formula is C6H4Br2ClMg. The highest BCUT2D eigenvalue weighted by Crippen LogP contribution is 2.02. The average molecular weight is 296 g/mol. The van der Waals surface area contributed by atoms with Gasteiger partial charge in [0.1, 0.15) is 0 Å². The highest BCUT2D eigenvalue weighted by molar-refractivity contribution is 9.47. The Labute approximate surface area is 87.8 Å². The minimum atomic E-state index is 0.0417. The van der Waals surface area contributed by atoms with Crippen molar-refractivity contribution in [1.29, 1.82) is 0 Å². The zero-order chi connectivity index (χ0) is 7.82. The summed E-state index contributed by atoms with van der Waals surface area (Å²) in [6, 6.07) is 10.1. The summed E-state index contributed by atoms with van der Waals surface area (Å²) in [7, 11) is 0. The van der Waals surface area contributed by atoms with Crippen LogP contribution in [0.1, 0.15) is 0 Å². The van der Waals surface area contributed by atoms with Crippen LogP contribution in [-0.4, -0.2) is 16.0 Å². The lowest BCUT2D eigenvalue weighted by atomic mass is 10.4. The standard InChI is InChI=1S/C6H4Cl.2BrH.Mg/c7-6-4-2-1-3-5-6;;;/h1-4H;2*1H;/q;;;+2/p-2. The molecule has 51 valence electrons. The van der Waals surface area contributed by atoms with E-state index >= 15 is 0 Å². The molecule has 1 aromatic rings. The molecule has 0 saturated carbocycles. The first-order valence-electron chi connectivity index (χ1n) is 2.55. The molecule has 0 spiro atoms. The van der Waals surface area contributed by atoms with Crippen LogP contribution in [0, 0.1) is 6.07 Å². The number of hydrogen-bond acceptors (Lipinski definition) is 0. The molecule has 1 aromatic carbocycles. The van der Waals surface area contributed by atoms with Crippen LogP contribution >= 0.6 is 37.4 Å². The van der Waals surface area contributed by atoms with Gasteiger partial charge in [-0.1, -0.05) is 29.8 Å². The Morgan fingerprint density at radius 2 is 2.00 bits per heavy atom. The third kappa shape index (κ3) is 7.34. The molecule has 0 nitrogen and oxygen atoms in total. The first kappa shape index (κ1) is 11.2. The fraction of sp³-hybridized carbons (Fsp3) is 0. The molecule has 0 heterocycles. The van der Waals surface area contributed by atoms with E-state index in [9.17, 15) is 0 Å². The van der Waals surface area contributed by atoms with Crippen LogP contribution in [0.25, 0.3) is 0 Å². The van der Waals surface area contributed by atoms with Gasteiger partial charge in [-0.25, -0.2) is 0 Å². The Balaban J connectivity index is 0.000000236. The predicted molar refractivity (Wildman–Crippen MR) is 53.9 cm³/mol. The van der Waals surface area contributed by atoms with Crippen LogP contribution < -0.4 is 0 Å². The number of benzene rings is 1. The van der Waals surface area contributed by atoms with E-state index in [1.54, 1.807) is 12.1 Å². The van der Waals surface area contributed by atoms with Crippen LogP contribution in [0.15, 0.2) is 24.3 Å². The predicted octanol–water partition coefficient (Wildman–Crippen LogP) is 3.45. The maximum absolute atomic E-state index is 5.48. The molecule has 0 aliphatic carbocycles. The quantitative estimate of drug-likeness (QED) is 0.643. The molecule has 0 saturated heterocycles. The molecular weight excluding hydrogens is 292 g/mol. The van der Waals surface area contributed by atoms with Crippen molar-refractivity contribution in [1.82, 2.24) is 0 Å². The third-order valence-corrected chi connectivity index (χ3v) is 0.906. The molecule has 1 rings (SSSR count). The summed E-state index contributed by atoms with van der Waals surface area (Å²) < 4.78 is 0. The SMILES string of the molecule is Clc1[c]cccc1.[Br][Mg][Br]. The number of rotatable bonds is 0. The molecule has 10 heavy (non-hydrogen) atoms. The van der Waals surface area contributed by atoms with Gasteiger partial charge in [0.2, 0.25) is 0 Å². The van der Waals surface area contributed by atoms with Crippen LogP contribution in [-0.2, 0) is 0 Å². The van der Waals surface area contributed by atoms with Crippen molar-refractivity contribution in [3.63, 3.8) is 0 Å². The average Bonchev–Trinajstić information content (AvgIpc) is 1.91. The summed E-state index contributed by atoms with van der Waals surface area (Å²) >= 11 is 11.9. The molecule has 0 atom stereocenters. The zero-order valence-corrected chi connectivity index (χ0v) is 10.5. The third-order valence-electron chi connectivity index (χ3n) is 0.671. The monoisotopic (exact) mass is 293 g/mol. The topological polar surface area (TPSA) is 0 Å². The highest BCUT2D eigenvalue weighted by Gasteiger charge is 1.76. The van der Waals surface area contributed by atoms with Crippen molar-refractivity contribution in [2.24, 2.45) is 0 Å². The van der Waals surface area contributed by atoms with E-state index in [0.29, 0.717) is 5.02 Å². The summed E-state index contributed by atoms with van der Waals surface area (Å²) in [5, 5.41) is 0.669. The van der Waals surface area contributed by atoms with Gasteiger partial charge >= 0.3 is 16.0 Å². The van der Waals surface area contributed by atoms with Crippen molar-refractivity contribution in [2.75, 3.05) is 0 Å². The van der Waals surface area contributed by atoms with Gasteiger partial charge in [-0.05, 0) is 6.07 Å². The lowest BCUT2D eigenvalue weighted by Crippen LogP contribution is -1.56. The summed E-state index contributed by atoms with van der Waals surface area (Å²) in [5.74, 6) is 0. The van der Waals surface area contributed by atoms with Gasteiger partial charge in [0.25, 0.3) is 0 Å². The smallest absolute Gasteiger partial charge is 0.280 e. The summed E-state index contributed by atoms with van der Waals surface area (Å²) in [5.41, 5.74) is 0. The minimum absolute atomic E-state index is 0.0417. The number of halogens is 3. The fourth-order valence-corrected chi connectivity index (χ4v) is 0.507. The molecule has 0 aliphatic heterocycles. The van der Waals surface area contributed by atoms with Crippen molar-refractivity contribution >= 4 is 53.4 Å². The fourth-order valence-electron chi connectivity index (χ4n) is 0.371. The molecule has 4 heteroatoms. The van der Waals surface area contributed by atoms with Crippen LogP contribution in [0.2, 0.25) is 5.02 Å². The Hall–Kier alpha value is 1.24. The maximum atomic E-state index is 5.48. The van der Waals surface area contributed by atoms with Crippen molar-refractivity contribution < 1.29 is 0 Å². The van der Waals surface area contributed by atoms with Gasteiger partial charge in [-0.3, -0.25) is 25.8 Å².